The van der Waals surface area contributed by atoms with Crippen molar-refractivity contribution < 1.29 is 13.2 Å². The largest absolute Gasteiger partial charge is 0.389 e. The number of benzene rings is 1. The third-order valence-corrected chi connectivity index (χ3v) is 3.61. The van der Waals surface area contributed by atoms with Gasteiger partial charge in [-0.15, -0.1) is 0 Å². The van der Waals surface area contributed by atoms with Gasteiger partial charge in [-0.05, 0) is 68.5 Å². The Hall–Kier alpha value is -0.510. The van der Waals surface area contributed by atoms with Crippen molar-refractivity contribution in [2.75, 3.05) is 0 Å². The monoisotopic (exact) mass is 443 g/mol. The maximum absolute atomic E-state index is 12.5. The lowest BCUT2D eigenvalue weighted by atomic mass is 9.79. The minimum absolute atomic E-state index is 0.178. The van der Waals surface area contributed by atoms with Crippen molar-refractivity contribution in [1.82, 2.24) is 0 Å². The van der Waals surface area contributed by atoms with Gasteiger partial charge >= 0.3 is 6.18 Å². The molecule has 114 valence electrons. The van der Waals surface area contributed by atoms with E-state index in [2.05, 4.69) is 31.9 Å². The number of rotatable bonds is 5. The Balaban J connectivity index is 3.03. The zero-order valence-electron chi connectivity index (χ0n) is 10.7. The minimum Gasteiger partial charge on any atom is -0.197 e. The number of allylic oxidation sites excluding steroid dienone is 1. The molecule has 0 radical (unpaired) electrons. The molecule has 0 aliphatic heterocycles. The molecular formula is C14H11Br2ClF3N. The Morgan fingerprint density at radius 2 is 1.76 bits per heavy atom. The minimum atomic E-state index is -4.30. The molecule has 0 aliphatic carbocycles. The van der Waals surface area contributed by atoms with E-state index >= 15 is 0 Å². The van der Waals surface area contributed by atoms with Crippen molar-refractivity contribution in [1.29, 1.82) is 5.26 Å². The van der Waals surface area contributed by atoms with Gasteiger partial charge in [-0.2, -0.15) is 18.4 Å². The molecule has 0 aromatic heterocycles. The highest BCUT2D eigenvalue weighted by molar-refractivity contribution is 9.28. The third kappa shape index (κ3) is 6.86. The summed E-state index contributed by atoms with van der Waals surface area (Å²) in [6, 6.07) is 8.72. The molecule has 0 bridgehead atoms. The summed E-state index contributed by atoms with van der Waals surface area (Å²) in [4.78, 5) is 0. The maximum Gasteiger partial charge on any atom is 0.389 e. The molecule has 21 heavy (non-hydrogen) atoms. The average molecular weight is 446 g/mol. The van der Waals surface area contributed by atoms with E-state index in [1.54, 1.807) is 24.3 Å². The summed E-state index contributed by atoms with van der Waals surface area (Å²) in [7, 11) is 0. The number of alkyl halides is 3. The van der Waals surface area contributed by atoms with Crippen LogP contribution in [0.3, 0.4) is 0 Å². The fourth-order valence-corrected chi connectivity index (χ4v) is 2.88. The fraction of sp³-hybridized carbons (Fsp3) is 0.357. The molecule has 0 saturated heterocycles. The molecule has 1 unspecified atom stereocenters. The Bertz CT molecular complexity index is 545. The van der Waals surface area contributed by atoms with Gasteiger partial charge in [-0.25, -0.2) is 0 Å². The first kappa shape index (κ1) is 18.5. The lowest BCUT2D eigenvalue weighted by molar-refractivity contribution is -0.138. The molecule has 1 atom stereocenters. The van der Waals surface area contributed by atoms with Gasteiger partial charge < -0.3 is 0 Å². The van der Waals surface area contributed by atoms with Crippen molar-refractivity contribution in [3.8, 4) is 6.07 Å². The Morgan fingerprint density at radius 3 is 2.19 bits per heavy atom. The molecule has 7 heteroatoms. The van der Waals surface area contributed by atoms with Crippen LogP contribution >= 0.6 is 43.5 Å². The Morgan fingerprint density at radius 1 is 1.19 bits per heavy atom. The number of halogens is 6. The van der Waals surface area contributed by atoms with Gasteiger partial charge in [0.15, 0.2) is 0 Å². The zero-order valence-corrected chi connectivity index (χ0v) is 14.7. The van der Waals surface area contributed by atoms with E-state index < -0.39 is 18.0 Å². The van der Waals surface area contributed by atoms with Crippen LogP contribution in [0.1, 0.15) is 18.4 Å². The summed E-state index contributed by atoms with van der Waals surface area (Å²) < 4.78 is 37.9. The molecule has 0 saturated carbocycles. The van der Waals surface area contributed by atoms with Crippen LogP contribution in [-0.4, -0.2) is 6.18 Å². The quantitative estimate of drug-likeness (QED) is 0.517. The molecule has 0 fully saturated rings. The van der Waals surface area contributed by atoms with Gasteiger partial charge in [0.2, 0.25) is 0 Å². The van der Waals surface area contributed by atoms with E-state index in [0.717, 1.165) is 5.56 Å². The molecule has 1 nitrogen and oxygen atoms in total. The van der Waals surface area contributed by atoms with Gasteiger partial charge in [0.25, 0.3) is 0 Å². The predicted octanol–water partition coefficient (Wildman–Crippen LogP) is 6.37. The summed E-state index contributed by atoms with van der Waals surface area (Å²) in [5.74, 6) is 0. The van der Waals surface area contributed by atoms with Gasteiger partial charge in [0.05, 0.1) is 14.9 Å². The van der Waals surface area contributed by atoms with Crippen LogP contribution in [0, 0.1) is 16.7 Å². The van der Waals surface area contributed by atoms with Crippen LogP contribution in [0.25, 0.3) is 0 Å². The van der Waals surface area contributed by atoms with Gasteiger partial charge in [0.1, 0.15) is 0 Å². The van der Waals surface area contributed by atoms with E-state index in [9.17, 15) is 18.4 Å². The van der Waals surface area contributed by atoms with Crippen LogP contribution in [0.2, 0.25) is 5.02 Å². The number of hydrogen-bond donors (Lipinski definition) is 0. The molecule has 1 rings (SSSR count). The molecule has 0 spiro atoms. The predicted molar refractivity (Wildman–Crippen MR) is 84.4 cm³/mol. The normalized spacial score (nSPS) is 14.1. The molecule has 0 heterocycles. The zero-order chi connectivity index (χ0) is 16.1. The van der Waals surface area contributed by atoms with Crippen LogP contribution in [0.15, 0.2) is 33.7 Å². The summed E-state index contributed by atoms with van der Waals surface area (Å²) in [6.45, 7) is 0. The smallest absolute Gasteiger partial charge is 0.197 e. The van der Waals surface area contributed by atoms with Gasteiger partial charge in [-0.3, -0.25) is 0 Å². The van der Waals surface area contributed by atoms with Crippen molar-refractivity contribution in [3.63, 3.8) is 0 Å². The standard InChI is InChI=1S/C14H11Br2ClF3N/c15-12(16)8-13(9-21,5-6-14(18,19)20)7-10-1-3-11(17)4-2-10/h1-4,8H,5-7H2. The average Bonchev–Trinajstić information content (AvgIpc) is 2.37. The molecule has 0 amide bonds. The van der Waals surface area contributed by atoms with Crippen LogP contribution < -0.4 is 0 Å². The number of hydrogen-bond acceptors (Lipinski definition) is 1. The summed E-state index contributed by atoms with van der Waals surface area (Å²) in [5, 5.41) is 9.94. The van der Waals surface area contributed by atoms with Gasteiger partial charge in [-0.1, -0.05) is 23.7 Å². The lowest BCUT2D eigenvalue weighted by Gasteiger charge is -2.24. The van der Waals surface area contributed by atoms with Crippen molar-refractivity contribution >= 4 is 43.5 Å². The number of nitrogens with zero attached hydrogens (tertiary/aromatic N) is 1. The van der Waals surface area contributed by atoms with Crippen molar-refractivity contribution in [2.24, 2.45) is 5.41 Å². The van der Waals surface area contributed by atoms with E-state index in [-0.39, 0.29) is 12.8 Å². The highest BCUT2D eigenvalue weighted by atomic mass is 79.9. The van der Waals surface area contributed by atoms with E-state index in [1.807, 2.05) is 6.07 Å². The molecular weight excluding hydrogens is 434 g/mol. The molecule has 1 aromatic carbocycles. The van der Waals surface area contributed by atoms with Crippen molar-refractivity contribution in [3.05, 3.63) is 44.3 Å². The Labute approximate surface area is 143 Å². The summed E-state index contributed by atoms with van der Waals surface area (Å²) in [5.41, 5.74) is -0.494. The Kier molecular flexibility index (Phi) is 6.76. The second kappa shape index (κ2) is 7.66. The third-order valence-electron chi connectivity index (χ3n) is 2.90. The number of nitriles is 1. The highest BCUT2D eigenvalue weighted by Gasteiger charge is 2.35. The van der Waals surface area contributed by atoms with Gasteiger partial charge in [0, 0.05) is 11.4 Å². The molecule has 0 aliphatic rings. The second-order valence-corrected chi connectivity index (χ2v) is 7.83. The fourth-order valence-electron chi connectivity index (χ4n) is 1.88. The van der Waals surface area contributed by atoms with Crippen molar-refractivity contribution in [2.45, 2.75) is 25.4 Å². The lowest BCUT2D eigenvalue weighted by Crippen LogP contribution is -2.23. The highest BCUT2D eigenvalue weighted by Crippen LogP contribution is 2.37. The molecule has 1 aromatic rings. The van der Waals surface area contributed by atoms with E-state index in [1.165, 1.54) is 6.08 Å². The second-order valence-electron chi connectivity index (χ2n) is 4.62. The van der Waals surface area contributed by atoms with E-state index in [4.69, 9.17) is 11.6 Å². The van der Waals surface area contributed by atoms with Crippen LogP contribution in [-0.2, 0) is 6.42 Å². The van der Waals surface area contributed by atoms with E-state index in [0.29, 0.717) is 8.41 Å². The summed E-state index contributed by atoms with van der Waals surface area (Å²) >= 11 is 12.0. The van der Waals surface area contributed by atoms with Crippen LogP contribution in [0.4, 0.5) is 13.2 Å². The first-order valence-corrected chi connectivity index (χ1v) is 7.88. The molecule has 0 N–H and O–H groups in total. The SMILES string of the molecule is N#CC(C=C(Br)Br)(CCC(F)(F)F)Cc1ccc(Cl)cc1. The summed E-state index contributed by atoms with van der Waals surface area (Å²) in [6.07, 6.45) is -3.98. The van der Waals surface area contributed by atoms with Crippen LogP contribution in [0.5, 0.6) is 0 Å². The first-order chi connectivity index (χ1) is 9.66. The topological polar surface area (TPSA) is 23.8 Å². The maximum atomic E-state index is 12.5. The first-order valence-electron chi connectivity index (χ1n) is 5.92.